The smallest absolute Gasteiger partial charge is 0.286 e. The lowest BCUT2D eigenvalue weighted by Gasteiger charge is -2.29. The van der Waals surface area contributed by atoms with E-state index in [1.165, 1.54) is 0 Å². The zero-order valence-electron chi connectivity index (χ0n) is 15.1. The Morgan fingerprint density at radius 3 is 2.77 bits per heavy atom. The van der Waals surface area contributed by atoms with Gasteiger partial charge in [-0.1, -0.05) is 30.3 Å². The predicted molar refractivity (Wildman–Crippen MR) is 95.5 cm³/mol. The lowest BCUT2D eigenvalue weighted by Crippen LogP contribution is -2.34. The van der Waals surface area contributed by atoms with Crippen molar-refractivity contribution in [3.8, 4) is 0 Å². The zero-order valence-corrected chi connectivity index (χ0v) is 15.1. The number of hydrogen-bond donors (Lipinski definition) is 2. The fraction of sp³-hybridized carbons (Fsp3) is 0.526. The number of carbonyl (C=O) groups is 1. The van der Waals surface area contributed by atoms with Crippen molar-refractivity contribution in [3.05, 3.63) is 47.7 Å². The molecular formula is C19H27NO6. The van der Waals surface area contributed by atoms with Crippen molar-refractivity contribution in [2.24, 2.45) is 0 Å². The number of rotatable bonds is 11. The lowest BCUT2D eigenvalue weighted by molar-refractivity contribution is -0.151. The van der Waals surface area contributed by atoms with E-state index in [4.69, 9.17) is 24.1 Å². The molecule has 0 saturated carbocycles. The van der Waals surface area contributed by atoms with Crippen LogP contribution in [0.1, 0.15) is 17.9 Å². The summed E-state index contributed by atoms with van der Waals surface area (Å²) in [7, 11) is 1.58. The number of nitrogens with one attached hydrogen (secondary N) is 1. The number of benzene rings is 1. The molecule has 1 heterocycles. The summed E-state index contributed by atoms with van der Waals surface area (Å²) in [6, 6.07) is 9.94. The molecule has 0 unspecified atom stereocenters. The molecule has 0 fully saturated rings. The molecule has 0 bridgehead atoms. The summed E-state index contributed by atoms with van der Waals surface area (Å²) >= 11 is 0. The van der Waals surface area contributed by atoms with E-state index in [9.17, 15) is 4.79 Å². The minimum Gasteiger partial charge on any atom is -0.459 e. The second kappa shape index (κ2) is 11.6. The second-order valence-electron chi connectivity index (χ2n) is 5.79. The highest BCUT2D eigenvalue weighted by Gasteiger charge is 2.28. The molecule has 1 aliphatic heterocycles. The number of ether oxygens (including phenoxy) is 4. The van der Waals surface area contributed by atoms with Crippen LogP contribution in [0.15, 0.2) is 42.2 Å². The van der Waals surface area contributed by atoms with E-state index in [0.29, 0.717) is 32.8 Å². The standard InChI is InChI=1S/C19H27NO6/c1-23-9-7-20-19(22)17-13-16(15-5-3-2-4-6-15)14-18(26-17)25-12-11-24-10-8-21/h2-6,13,16,18,21H,7-12,14H2,1H3,(H,20,22)/t16-,18+/m1/s1. The molecule has 7 heteroatoms. The summed E-state index contributed by atoms with van der Waals surface area (Å²) in [5.74, 6) is -0.00761. The summed E-state index contributed by atoms with van der Waals surface area (Å²) < 4.78 is 21.6. The molecule has 2 N–H and O–H groups in total. The molecule has 7 nitrogen and oxygen atoms in total. The summed E-state index contributed by atoms with van der Waals surface area (Å²) in [6.45, 7) is 1.77. The minimum absolute atomic E-state index is 0.0233. The highest BCUT2D eigenvalue weighted by atomic mass is 16.7. The molecule has 144 valence electrons. The highest BCUT2D eigenvalue weighted by molar-refractivity contribution is 5.91. The number of allylic oxidation sites excluding steroid dienone is 1. The zero-order chi connectivity index (χ0) is 18.6. The third-order valence-corrected chi connectivity index (χ3v) is 3.87. The van der Waals surface area contributed by atoms with Gasteiger partial charge in [-0.3, -0.25) is 4.79 Å². The van der Waals surface area contributed by atoms with Gasteiger partial charge in [0.25, 0.3) is 5.91 Å². The Morgan fingerprint density at radius 2 is 2.04 bits per heavy atom. The SMILES string of the molecule is COCCNC(=O)C1=C[C@@H](c2ccccc2)C[C@@H](OCCOCCO)O1. The van der Waals surface area contributed by atoms with E-state index in [2.05, 4.69) is 5.32 Å². The van der Waals surface area contributed by atoms with Crippen molar-refractivity contribution in [3.63, 3.8) is 0 Å². The molecule has 2 atom stereocenters. The first-order chi connectivity index (χ1) is 12.7. The average Bonchev–Trinajstić information content (AvgIpc) is 2.68. The number of carbonyl (C=O) groups excluding carboxylic acids is 1. The van der Waals surface area contributed by atoms with Gasteiger partial charge in [-0.2, -0.15) is 0 Å². The van der Waals surface area contributed by atoms with E-state index in [0.717, 1.165) is 5.56 Å². The van der Waals surface area contributed by atoms with Crippen LogP contribution in [-0.4, -0.2) is 64.0 Å². The largest absolute Gasteiger partial charge is 0.459 e. The highest BCUT2D eigenvalue weighted by Crippen LogP contribution is 2.31. The molecule has 0 aromatic heterocycles. The van der Waals surface area contributed by atoms with Crippen molar-refractivity contribution >= 4 is 5.91 Å². The third kappa shape index (κ3) is 6.76. The molecule has 0 aliphatic carbocycles. The number of amides is 1. The molecular weight excluding hydrogens is 338 g/mol. The minimum atomic E-state index is -0.536. The van der Waals surface area contributed by atoms with Gasteiger partial charge >= 0.3 is 0 Å². The van der Waals surface area contributed by atoms with Crippen LogP contribution in [0.4, 0.5) is 0 Å². The Hall–Kier alpha value is -1.93. The van der Waals surface area contributed by atoms with E-state index in [1.54, 1.807) is 7.11 Å². The van der Waals surface area contributed by atoms with Crippen LogP contribution < -0.4 is 5.32 Å². The molecule has 0 saturated heterocycles. The van der Waals surface area contributed by atoms with Gasteiger partial charge in [0.15, 0.2) is 5.76 Å². The third-order valence-electron chi connectivity index (χ3n) is 3.87. The van der Waals surface area contributed by atoms with Gasteiger partial charge in [-0.15, -0.1) is 0 Å². The van der Waals surface area contributed by atoms with Crippen LogP contribution in [0.25, 0.3) is 0 Å². The van der Waals surface area contributed by atoms with Gasteiger partial charge in [-0.25, -0.2) is 0 Å². The predicted octanol–water partition coefficient (Wildman–Crippen LogP) is 1.19. The summed E-state index contributed by atoms with van der Waals surface area (Å²) in [6.07, 6.45) is 1.91. The molecule has 26 heavy (non-hydrogen) atoms. The maximum absolute atomic E-state index is 12.3. The van der Waals surface area contributed by atoms with Gasteiger partial charge in [0, 0.05) is 26.0 Å². The number of aliphatic hydroxyl groups is 1. The van der Waals surface area contributed by atoms with Crippen LogP contribution >= 0.6 is 0 Å². The van der Waals surface area contributed by atoms with Gasteiger partial charge < -0.3 is 29.4 Å². The van der Waals surface area contributed by atoms with Crippen LogP contribution in [0, 0.1) is 0 Å². The van der Waals surface area contributed by atoms with Gasteiger partial charge in [0.05, 0.1) is 33.0 Å². The summed E-state index contributed by atoms with van der Waals surface area (Å²) in [5, 5.41) is 11.5. The molecule has 2 rings (SSSR count). The van der Waals surface area contributed by atoms with Crippen molar-refractivity contribution in [1.82, 2.24) is 5.32 Å². The van der Waals surface area contributed by atoms with Crippen LogP contribution in [0.3, 0.4) is 0 Å². The lowest BCUT2D eigenvalue weighted by atomic mass is 9.93. The van der Waals surface area contributed by atoms with E-state index in [-0.39, 0.29) is 30.8 Å². The summed E-state index contributed by atoms with van der Waals surface area (Å²) in [5.41, 5.74) is 1.10. The fourth-order valence-corrected chi connectivity index (χ4v) is 2.61. The number of hydrogen-bond acceptors (Lipinski definition) is 6. The normalized spacial score (nSPS) is 19.5. The summed E-state index contributed by atoms with van der Waals surface area (Å²) in [4.78, 5) is 12.3. The van der Waals surface area contributed by atoms with Gasteiger partial charge in [-0.05, 0) is 11.6 Å². The van der Waals surface area contributed by atoms with E-state index in [1.807, 2.05) is 36.4 Å². The van der Waals surface area contributed by atoms with Crippen LogP contribution in [-0.2, 0) is 23.7 Å². The van der Waals surface area contributed by atoms with Gasteiger partial charge in [0.1, 0.15) is 0 Å². The molecule has 1 aliphatic rings. The molecule has 0 radical (unpaired) electrons. The Kier molecular flexibility index (Phi) is 9.13. The Morgan fingerprint density at radius 1 is 1.23 bits per heavy atom. The monoisotopic (exact) mass is 365 g/mol. The Balaban J connectivity index is 1.99. The van der Waals surface area contributed by atoms with Gasteiger partial charge in [0.2, 0.25) is 6.29 Å². The van der Waals surface area contributed by atoms with Crippen LogP contribution in [0.5, 0.6) is 0 Å². The van der Waals surface area contributed by atoms with Crippen molar-refractivity contribution in [1.29, 1.82) is 0 Å². The van der Waals surface area contributed by atoms with E-state index >= 15 is 0 Å². The van der Waals surface area contributed by atoms with Crippen LogP contribution in [0.2, 0.25) is 0 Å². The van der Waals surface area contributed by atoms with Crippen molar-refractivity contribution < 1.29 is 28.8 Å². The maximum atomic E-state index is 12.3. The molecule has 0 spiro atoms. The number of aliphatic hydroxyl groups excluding tert-OH is 1. The first-order valence-corrected chi connectivity index (χ1v) is 8.75. The first kappa shape index (κ1) is 20.4. The molecule has 1 aromatic carbocycles. The van der Waals surface area contributed by atoms with Crippen molar-refractivity contribution in [2.45, 2.75) is 18.6 Å². The number of methoxy groups -OCH3 is 1. The maximum Gasteiger partial charge on any atom is 0.286 e. The topological polar surface area (TPSA) is 86.3 Å². The second-order valence-corrected chi connectivity index (χ2v) is 5.79. The first-order valence-electron chi connectivity index (χ1n) is 8.75. The fourth-order valence-electron chi connectivity index (χ4n) is 2.61. The quantitative estimate of drug-likeness (QED) is 0.573. The van der Waals surface area contributed by atoms with Crippen molar-refractivity contribution in [2.75, 3.05) is 46.7 Å². The van der Waals surface area contributed by atoms with E-state index < -0.39 is 6.29 Å². The molecule has 1 amide bonds. The Labute approximate surface area is 153 Å². The average molecular weight is 365 g/mol. The molecule has 1 aromatic rings. The Bertz CT molecular complexity index is 562.